The van der Waals surface area contributed by atoms with Crippen molar-refractivity contribution in [3.8, 4) is 0 Å². The van der Waals surface area contributed by atoms with Crippen molar-refractivity contribution in [3.05, 3.63) is 0 Å². The maximum Gasteiger partial charge on any atom is 0.417 e. The number of hydrogen-bond acceptors (Lipinski definition) is 3. The quantitative estimate of drug-likeness (QED) is 0.723. The van der Waals surface area contributed by atoms with Gasteiger partial charge in [-0.05, 0) is 47.0 Å². The third-order valence-corrected chi connectivity index (χ3v) is 3.24. The minimum absolute atomic E-state index is 0.0903. The van der Waals surface area contributed by atoms with Gasteiger partial charge in [-0.15, -0.1) is 0 Å². The Balaban J connectivity index is 2.94. The number of ether oxygens (including phenoxy) is 1. The van der Waals surface area contributed by atoms with Crippen LogP contribution in [0.25, 0.3) is 0 Å². The summed E-state index contributed by atoms with van der Waals surface area (Å²) in [6.45, 7) is 13.3. The average Bonchev–Trinajstić information content (AvgIpc) is 2.33. The second kappa shape index (κ2) is 4.56. The number of likely N-dealkylation sites (tertiary alicyclic amines) is 1. The van der Waals surface area contributed by atoms with Crippen LogP contribution in [0.2, 0.25) is 0 Å². The van der Waals surface area contributed by atoms with Crippen LogP contribution in [0.4, 0.5) is 4.79 Å². The number of carbonyl (C=O) groups excluding carboxylic acids is 2. The van der Waals surface area contributed by atoms with Crippen LogP contribution >= 0.6 is 0 Å². The topological polar surface area (TPSA) is 46.6 Å². The normalized spacial score (nSPS) is 23.7. The first kappa shape index (κ1) is 15.0. The van der Waals surface area contributed by atoms with E-state index in [-0.39, 0.29) is 17.7 Å². The number of rotatable bonds is 1. The second-order valence-electron chi connectivity index (χ2n) is 7.02. The van der Waals surface area contributed by atoms with Gasteiger partial charge in [-0.1, -0.05) is 13.8 Å². The largest absolute Gasteiger partial charge is 0.443 e. The summed E-state index contributed by atoms with van der Waals surface area (Å²) < 4.78 is 5.32. The SMILES string of the molecule is CC(C)C1CC(C)(C)N(C(=O)OC(C)(C)C)C1=O. The molecule has 0 aromatic heterocycles. The second-order valence-corrected chi connectivity index (χ2v) is 7.02. The first-order chi connectivity index (χ1) is 7.96. The molecule has 1 fully saturated rings. The van der Waals surface area contributed by atoms with Crippen LogP contribution in [0.15, 0.2) is 0 Å². The van der Waals surface area contributed by atoms with Crippen molar-refractivity contribution in [2.75, 3.05) is 0 Å². The van der Waals surface area contributed by atoms with Crippen LogP contribution in [0.1, 0.15) is 54.9 Å². The standard InChI is InChI=1S/C14H25NO3/c1-9(2)10-8-14(6,7)15(11(10)16)12(17)18-13(3,4)5/h9-10H,8H2,1-7H3. The zero-order valence-corrected chi connectivity index (χ0v) is 12.5. The highest BCUT2D eigenvalue weighted by molar-refractivity contribution is 5.96. The van der Waals surface area contributed by atoms with Gasteiger partial charge in [0.1, 0.15) is 5.60 Å². The summed E-state index contributed by atoms with van der Waals surface area (Å²) in [6.07, 6.45) is 0.170. The lowest BCUT2D eigenvalue weighted by Crippen LogP contribution is -2.47. The molecule has 0 aromatic rings. The molecule has 2 amide bonds. The summed E-state index contributed by atoms with van der Waals surface area (Å²) in [4.78, 5) is 25.7. The maximum absolute atomic E-state index is 12.3. The molecular weight excluding hydrogens is 230 g/mol. The summed E-state index contributed by atoms with van der Waals surface area (Å²) in [5, 5.41) is 0. The number of carbonyl (C=O) groups is 2. The average molecular weight is 255 g/mol. The number of imide groups is 1. The lowest BCUT2D eigenvalue weighted by Gasteiger charge is -2.31. The molecule has 1 unspecified atom stereocenters. The highest BCUT2D eigenvalue weighted by Gasteiger charge is 2.50. The highest BCUT2D eigenvalue weighted by atomic mass is 16.6. The molecule has 1 atom stereocenters. The van der Waals surface area contributed by atoms with Gasteiger partial charge in [0.2, 0.25) is 5.91 Å². The van der Waals surface area contributed by atoms with Gasteiger partial charge < -0.3 is 4.74 Å². The highest BCUT2D eigenvalue weighted by Crippen LogP contribution is 2.38. The van der Waals surface area contributed by atoms with Gasteiger partial charge in [-0.3, -0.25) is 4.79 Å². The number of nitrogens with zero attached hydrogens (tertiary/aromatic N) is 1. The van der Waals surface area contributed by atoms with Gasteiger partial charge in [0.25, 0.3) is 0 Å². The monoisotopic (exact) mass is 255 g/mol. The summed E-state index contributed by atoms with van der Waals surface area (Å²) in [5.74, 6) is 0.0426. The molecule has 0 aromatic carbocycles. The van der Waals surface area contributed by atoms with Gasteiger partial charge in [0.15, 0.2) is 0 Å². The van der Waals surface area contributed by atoms with E-state index in [2.05, 4.69) is 0 Å². The molecule has 0 radical (unpaired) electrons. The van der Waals surface area contributed by atoms with Crippen molar-refractivity contribution in [1.82, 2.24) is 4.90 Å². The van der Waals surface area contributed by atoms with Crippen molar-refractivity contribution in [1.29, 1.82) is 0 Å². The minimum Gasteiger partial charge on any atom is -0.443 e. The summed E-state index contributed by atoms with van der Waals surface area (Å²) in [7, 11) is 0. The van der Waals surface area contributed by atoms with E-state index in [4.69, 9.17) is 4.74 Å². The molecule has 1 saturated heterocycles. The molecule has 4 heteroatoms. The van der Waals surface area contributed by atoms with E-state index in [1.54, 1.807) is 20.8 Å². The predicted molar refractivity (Wildman–Crippen MR) is 70.1 cm³/mol. The summed E-state index contributed by atoms with van der Waals surface area (Å²) in [6, 6.07) is 0. The molecule has 18 heavy (non-hydrogen) atoms. The van der Waals surface area contributed by atoms with E-state index >= 15 is 0 Å². The van der Waals surface area contributed by atoms with E-state index in [0.717, 1.165) is 0 Å². The lowest BCUT2D eigenvalue weighted by atomic mass is 9.89. The van der Waals surface area contributed by atoms with Crippen molar-refractivity contribution in [3.63, 3.8) is 0 Å². The lowest BCUT2D eigenvalue weighted by molar-refractivity contribution is -0.133. The van der Waals surface area contributed by atoms with Crippen LogP contribution in [0.3, 0.4) is 0 Å². The van der Waals surface area contributed by atoms with E-state index < -0.39 is 17.2 Å². The zero-order chi connectivity index (χ0) is 14.3. The van der Waals surface area contributed by atoms with Crippen LogP contribution in [0.5, 0.6) is 0 Å². The zero-order valence-electron chi connectivity index (χ0n) is 12.5. The number of amides is 2. The molecular formula is C14H25NO3. The Labute approximate surface area is 110 Å². The fourth-order valence-corrected chi connectivity index (χ4v) is 2.35. The third-order valence-electron chi connectivity index (χ3n) is 3.24. The maximum atomic E-state index is 12.3. The van der Waals surface area contributed by atoms with E-state index in [1.807, 2.05) is 27.7 Å². The molecule has 1 aliphatic heterocycles. The van der Waals surface area contributed by atoms with Crippen LogP contribution < -0.4 is 0 Å². The third kappa shape index (κ3) is 3.03. The number of hydrogen-bond donors (Lipinski definition) is 0. The van der Waals surface area contributed by atoms with Crippen LogP contribution in [0, 0.1) is 11.8 Å². The van der Waals surface area contributed by atoms with Gasteiger partial charge in [-0.25, -0.2) is 9.69 Å². The van der Waals surface area contributed by atoms with Crippen molar-refractivity contribution in [2.24, 2.45) is 11.8 Å². The smallest absolute Gasteiger partial charge is 0.417 e. The Kier molecular flexibility index (Phi) is 3.80. The predicted octanol–water partition coefficient (Wildman–Crippen LogP) is 3.20. The van der Waals surface area contributed by atoms with Gasteiger partial charge in [-0.2, -0.15) is 0 Å². The molecule has 0 aliphatic carbocycles. The molecule has 4 nitrogen and oxygen atoms in total. The summed E-state index contributed by atoms with van der Waals surface area (Å²) in [5.41, 5.74) is -1.04. The fraction of sp³-hybridized carbons (Fsp3) is 0.857. The van der Waals surface area contributed by atoms with E-state index in [0.29, 0.717) is 6.42 Å². The first-order valence-electron chi connectivity index (χ1n) is 6.53. The Hall–Kier alpha value is -1.06. The first-order valence-corrected chi connectivity index (χ1v) is 6.53. The fourth-order valence-electron chi connectivity index (χ4n) is 2.35. The molecule has 0 spiro atoms. The van der Waals surface area contributed by atoms with Gasteiger partial charge in [0, 0.05) is 11.5 Å². The van der Waals surface area contributed by atoms with E-state index in [9.17, 15) is 9.59 Å². The molecule has 0 saturated carbocycles. The molecule has 104 valence electrons. The molecule has 0 N–H and O–H groups in total. The van der Waals surface area contributed by atoms with Gasteiger partial charge >= 0.3 is 6.09 Å². The summed E-state index contributed by atoms with van der Waals surface area (Å²) >= 11 is 0. The Morgan fingerprint density at radius 2 is 1.89 bits per heavy atom. The van der Waals surface area contributed by atoms with Crippen molar-refractivity contribution >= 4 is 12.0 Å². The minimum atomic E-state index is -0.580. The molecule has 1 rings (SSSR count). The van der Waals surface area contributed by atoms with Gasteiger partial charge in [0.05, 0.1) is 0 Å². The molecule has 1 heterocycles. The Morgan fingerprint density at radius 1 is 1.39 bits per heavy atom. The Morgan fingerprint density at radius 3 is 2.22 bits per heavy atom. The van der Waals surface area contributed by atoms with Crippen LogP contribution in [-0.2, 0) is 9.53 Å². The molecule has 0 bridgehead atoms. The van der Waals surface area contributed by atoms with Crippen molar-refractivity contribution in [2.45, 2.75) is 66.0 Å². The molecule has 1 aliphatic rings. The van der Waals surface area contributed by atoms with E-state index in [1.165, 1.54) is 4.90 Å². The Bertz CT molecular complexity index is 353. The van der Waals surface area contributed by atoms with Crippen LogP contribution in [-0.4, -0.2) is 28.0 Å². The van der Waals surface area contributed by atoms with Crippen molar-refractivity contribution < 1.29 is 14.3 Å².